The van der Waals surface area contributed by atoms with E-state index in [1.54, 1.807) is 19.1 Å². The van der Waals surface area contributed by atoms with Crippen LogP contribution < -0.4 is 10.6 Å². The molecule has 130 valence electrons. The number of hydrogen-bond donors (Lipinski definition) is 2. The maximum atomic E-state index is 13.1. The fourth-order valence-electron chi connectivity index (χ4n) is 2.62. The van der Waals surface area contributed by atoms with E-state index >= 15 is 0 Å². The number of amides is 4. The summed E-state index contributed by atoms with van der Waals surface area (Å²) in [7, 11) is 0. The molecule has 1 aromatic heterocycles. The number of carbonyl (C=O) groups excluding carboxylic acids is 3. The molecule has 2 heterocycles. The topological polar surface area (TPSA) is 91.7 Å². The monoisotopic (exact) mass is 345 g/mol. The number of rotatable bonds is 4. The molecule has 0 spiro atoms. The van der Waals surface area contributed by atoms with Gasteiger partial charge in [-0.05, 0) is 44.2 Å². The average Bonchev–Trinajstić information content (AvgIpc) is 3.06. The van der Waals surface area contributed by atoms with Gasteiger partial charge in [0.25, 0.3) is 5.91 Å². The molecule has 1 aromatic carbocycles. The van der Waals surface area contributed by atoms with Crippen LogP contribution in [0.5, 0.6) is 0 Å². The van der Waals surface area contributed by atoms with Crippen LogP contribution in [-0.2, 0) is 15.1 Å². The van der Waals surface area contributed by atoms with E-state index < -0.39 is 35.7 Å². The van der Waals surface area contributed by atoms with E-state index in [1.165, 1.54) is 25.1 Å². The fourth-order valence-corrected chi connectivity index (χ4v) is 2.62. The molecule has 7 nitrogen and oxygen atoms in total. The van der Waals surface area contributed by atoms with Gasteiger partial charge in [0.2, 0.25) is 5.91 Å². The van der Waals surface area contributed by atoms with Crippen LogP contribution in [0.3, 0.4) is 0 Å². The van der Waals surface area contributed by atoms with Crippen molar-refractivity contribution in [2.75, 3.05) is 11.9 Å². The van der Waals surface area contributed by atoms with Gasteiger partial charge in [-0.25, -0.2) is 9.18 Å². The van der Waals surface area contributed by atoms with Crippen LogP contribution in [0.4, 0.5) is 14.9 Å². The van der Waals surface area contributed by atoms with Crippen molar-refractivity contribution in [3.8, 4) is 0 Å². The Morgan fingerprint density at radius 3 is 2.72 bits per heavy atom. The summed E-state index contributed by atoms with van der Waals surface area (Å²) in [6.07, 6.45) is 0. The predicted molar refractivity (Wildman–Crippen MR) is 86.1 cm³/mol. The highest BCUT2D eigenvalue weighted by Crippen LogP contribution is 2.30. The third-order valence-corrected chi connectivity index (χ3v) is 3.92. The lowest BCUT2D eigenvalue weighted by atomic mass is 9.99. The van der Waals surface area contributed by atoms with Crippen LogP contribution in [0.1, 0.15) is 18.4 Å². The van der Waals surface area contributed by atoms with Crippen molar-refractivity contribution in [2.24, 2.45) is 0 Å². The molecule has 25 heavy (non-hydrogen) atoms. The quantitative estimate of drug-likeness (QED) is 0.831. The van der Waals surface area contributed by atoms with E-state index in [-0.39, 0.29) is 11.4 Å². The van der Waals surface area contributed by atoms with Gasteiger partial charge in [-0.3, -0.25) is 14.5 Å². The highest BCUT2D eigenvalue weighted by molar-refractivity contribution is 6.10. The minimum absolute atomic E-state index is 0.237. The molecule has 0 saturated carbocycles. The third kappa shape index (κ3) is 3.10. The van der Waals surface area contributed by atoms with Crippen LogP contribution in [0.25, 0.3) is 0 Å². The smallest absolute Gasteiger partial charge is 0.325 e. The van der Waals surface area contributed by atoms with Gasteiger partial charge in [-0.15, -0.1) is 0 Å². The number of nitrogens with one attached hydrogen (secondary N) is 2. The highest BCUT2D eigenvalue weighted by Gasteiger charge is 2.51. The maximum absolute atomic E-state index is 13.1. The number of furan rings is 1. The number of imide groups is 1. The Balaban J connectivity index is 1.73. The summed E-state index contributed by atoms with van der Waals surface area (Å²) in [5, 5.41) is 4.99. The summed E-state index contributed by atoms with van der Waals surface area (Å²) in [4.78, 5) is 37.7. The zero-order valence-corrected chi connectivity index (χ0v) is 13.6. The molecule has 8 heteroatoms. The summed E-state index contributed by atoms with van der Waals surface area (Å²) >= 11 is 0. The minimum atomic E-state index is -1.37. The molecule has 1 saturated heterocycles. The Bertz CT molecular complexity index is 863. The van der Waals surface area contributed by atoms with Gasteiger partial charge < -0.3 is 15.1 Å². The van der Waals surface area contributed by atoms with E-state index in [4.69, 9.17) is 4.42 Å². The Morgan fingerprint density at radius 1 is 1.32 bits per heavy atom. The third-order valence-electron chi connectivity index (χ3n) is 3.92. The first-order valence-corrected chi connectivity index (χ1v) is 7.56. The molecule has 0 radical (unpaired) electrons. The largest absolute Gasteiger partial charge is 0.463 e. The Morgan fingerprint density at radius 2 is 2.08 bits per heavy atom. The lowest BCUT2D eigenvalue weighted by Crippen LogP contribution is -2.41. The van der Waals surface area contributed by atoms with Crippen molar-refractivity contribution in [3.63, 3.8) is 0 Å². The molecule has 0 unspecified atom stereocenters. The molecule has 1 atom stereocenters. The highest BCUT2D eigenvalue weighted by atomic mass is 19.1. The number of anilines is 1. The summed E-state index contributed by atoms with van der Waals surface area (Å²) in [6, 6.07) is 7.90. The number of halogens is 1. The Kier molecular flexibility index (Phi) is 4.03. The zero-order valence-electron chi connectivity index (χ0n) is 13.6. The van der Waals surface area contributed by atoms with Crippen LogP contribution >= 0.6 is 0 Å². The zero-order chi connectivity index (χ0) is 18.2. The van der Waals surface area contributed by atoms with Crippen molar-refractivity contribution in [1.82, 2.24) is 10.2 Å². The molecular formula is C17H16FN3O4. The van der Waals surface area contributed by atoms with E-state index in [0.717, 1.165) is 11.0 Å². The minimum Gasteiger partial charge on any atom is -0.463 e. The second-order valence-corrected chi connectivity index (χ2v) is 5.92. The van der Waals surface area contributed by atoms with Gasteiger partial charge in [0.05, 0.1) is 0 Å². The number of benzene rings is 1. The lowest BCUT2D eigenvalue weighted by Gasteiger charge is -2.19. The normalized spacial score (nSPS) is 19.9. The summed E-state index contributed by atoms with van der Waals surface area (Å²) in [5.74, 6) is -0.833. The van der Waals surface area contributed by atoms with Crippen molar-refractivity contribution in [2.45, 2.75) is 19.4 Å². The standard InChI is InChI=1S/C17H16FN3O4/c1-10-6-7-13(25-10)17(2)15(23)21(16(24)20-17)9-14(22)19-12-5-3-4-11(18)8-12/h3-8H,9H2,1-2H3,(H,19,22)(H,20,24)/t17-/m1/s1. The summed E-state index contributed by atoms with van der Waals surface area (Å²) in [5.41, 5.74) is -1.13. The molecular weight excluding hydrogens is 329 g/mol. The van der Waals surface area contributed by atoms with Crippen LogP contribution in [0.2, 0.25) is 0 Å². The van der Waals surface area contributed by atoms with Crippen molar-refractivity contribution >= 4 is 23.5 Å². The SMILES string of the molecule is Cc1ccc([C@@]2(C)NC(=O)N(CC(=O)Nc3cccc(F)c3)C2=O)o1. The molecule has 2 N–H and O–H groups in total. The summed E-state index contributed by atoms with van der Waals surface area (Å²) < 4.78 is 18.6. The van der Waals surface area contributed by atoms with E-state index in [2.05, 4.69) is 10.6 Å². The van der Waals surface area contributed by atoms with Crippen LogP contribution in [0, 0.1) is 12.7 Å². The molecule has 0 bridgehead atoms. The second-order valence-electron chi connectivity index (χ2n) is 5.92. The number of urea groups is 1. The van der Waals surface area contributed by atoms with Gasteiger partial charge in [-0.2, -0.15) is 0 Å². The van der Waals surface area contributed by atoms with E-state index in [0.29, 0.717) is 5.76 Å². The maximum Gasteiger partial charge on any atom is 0.325 e. The molecule has 4 amide bonds. The van der Waals surface area contributed by atoms with E-state index in [9.17, 15) is 18.8 Å². The molecule has 1 fully saturated rings. The molecule has 2 aromatic rings. The van der Waals surface area contributed by atoms with E-state index in [1.807, 2.05) is 0 Å². The lowest BCUT2D eigenvalue weighted by molar-refractivity contribution is -0.134. The van der Waals surface area contributed by atoms with Crippen LogP contribution in [0.15, 0.2) is 40.8 Å². The van der Waals surface area contributed by atoms with Gasteiger partial charge in [0.15, 0.2) is 5.54 Å². The molecule has 3 rings (SSSR count). The van der Waals surface area contributed by atoms with Gasteiger partial charge in [-0.1, -0.05) is 6.07 Å². The first-order chi connectivity index (χ1) is 11.8. The first-order valence-electron chi connectivity index (χ1n) is 7.56. The van der Waals surface area contributed by atoms with Gasteiger partial charge >= 0.3 is 6.03 Å². The summed E-state index contributed by atoms with van der Waals surface area (Å²) in [6.45, 7) is 2.74. The first kappa shape index (κ1) is 16.7. The Labute approximate surface area is 142 Å². The predicted octanol–water partition coefficient (Wildman–Crippen LogP) is 2.13. The van der Waals surface area contributed by atoms with Crippen LogP contribution in [-0.4, -0.2) is 29.3 Å². The Hall–Kier alpha value is -3.16. The molecule has 1 aliphatic rings. The van der Waals surface area contributed by atoms with Crippen molar-refractivity contribution < 1.29 is 23.2 Å². The number of carbonyl (C=O) groups is 3. The molecule has 1 aliphatic heterocycles. The number of hydrogen-bond acceptors (Lipinski definition) is 4. The average molecular weight is 345 g/mol. The number of nitrogens with zero attached hydrogens (tertiary/aromatic N) is 1. The molecule has 0 aliphatic carbocycles. The van der Waals surface area contributed by atoms with Crippen molar-refractivity contribution in [1.29, 1.82) is 0 Å². The number of aryl methyl sites for hydroxylation is 1. The second kappa shape index (κ2) is 6.04. The fraction of sp³-hybridized carbons (Fsp3) is 0.235. The van der Waals surface area contributed by atoms with Gasteiger partial charge in [0.1, 0.15) is 23.9 Å². The van der Waals surface area contributed by atoms with Gasteiger partial charge in [0, 0.05) is 5.69 Å². The van der Waals surface area contributed by atoms with Crippen molar-refractivity contribution in [3.05, 3.63) is 53.7 Å².